The fraction of sp³-hybridized carbons (Fsp3) is 0.632. The van der Waals surface area contributed by atoms with E-state index in [0.717, 1.165) is 25.9 Å². The summed E-state index contributed by atoms with van der Waals surface area (Å²) in [5.41, 5.74) is 0.485. The molecule has 2 N–H and O–H groups in total. The van der Waals surface area contributed by atoms with E-state index in [1.807, 2.05) is 0 Å². The van der Waals surface area contributed by atoms with Crippen molar-refractivity contribution < 1.29 is 17.9 Å². The molecule has 7 nitrogen and oxygen atoms in total. The summed E-state index contributed by atoms with van der Waals surface area (Å²) in [6.45, 7) is 6.88. The van der Waals surface area contributed by atoms with Gasteiger partial charge in [0, 0.05) is 30.2 Å². The van der Waals surface area contributed by atoms with Crippen LogP contribution in [0.3, 0.4) is 0 Å². The lowest BCUT2D eigenvalue weighted by atomic mass is 9.96. The third-order valence-electron chi connectivity index (χ3n) is 4.98. The van der Waals surface area contributed by atoms with Gasteiger partial charge in [0.2, 0.25) is 10.0 Å². The molecule has 1 amide bonds. The number of ether oxygens (including phenoxy) is 1. The van der Waals surface area contributed by atoms with Crippen molar-refractivity contribution in [3.8, 4) is 5.75 Å². The third-order valence-corrected chi connectivity index (χ3v) is 7.05. The van der Waals surface area contributed by atoms with Gasteiger partial charge in [0.05, 0.1) is 12.4 Å². The Labute approximate surface area is 172 Å². The molecule has 158 valence electrons. The van der Waals surface area contributed by atoms with Crippen molar-refractivity contribution in [3.05, 3.63) is 28.8 Å². The Morgan fingerprint density at radius 3 is 2.57 bits per heavy atom. The number of carbonyl (C=O) groups is 1. The molecule has 0 bridgehead atoms. The van der Waals surface area contributed by atoms with Crippen LogP contribution < -0.4 is 14.8 Å². The Hall–Kier alpha value is -1.35. The number of rotatable bonds is 9. The van der Waals surface area contributed by atoms with Crippen molar-refractivity contribution in [2.45, 2.75) is 31.9 Å². The number of amides is 1. The van der Waals surface area contributed by atoms with Crippen LogP contribution in [0.15, 0.2) is 18.2 Å². The summed E-state index contributed by atoms with van der Waals surface area (Å²) in [7, 11) is -1.67. The lowest BCUT2D eigenvalue weighted by Gasteiger charge is -2.32. The molecule has 1 heterocycles. The number of hydrogen-bond donors (Lipinski definition) is 2. The minimum Gasteiger partial charge on any atom is -0.497 e. The molecule has 1 saturated heterocycles. The van der Waals surface area contributed by atoms with Crippen molar-refractivity contribution in [3.63, 3.8) is 0 Å². The minimum absolute atomic E-state index is 0.161. The maximum absolute atomic E-state index is 12.4. The smallest absolute Gasteiger partial charge is 0.251 e. The minimum atomic E-state index is -3.20. The molecule has 0 aromatic heterocycles. The molecule has 0 radical (unpaired) electrons. The average molecular weight is 432 g/mol. The Morgan fingerprint density at radius 1 is 1.29 bits per heavy atom. The number of nitrogens with one attached hydrogen (secondary N) is 2. The largest absolute Gasteiger partial charge is 0.497 e. The van der Waals surface area contributed by atoms with Gasteiger partial charge in [0.1, 0.15) is 5.75 Å². The van der Waals surface area contributed by atoms with Crippen LogP contribution in [0.25, 0.3) is 0 Å². The highest BCUT2D eigenvalue weighted by molar-refractivity contribution is 7.90. The topological polar surface area (TPSA) is 87.7 Å². The second-order valence-corrected chi connectivity index (χ2v) is 10.1. The van der Waals surface area contributed by atoms with Gasteiger partial charge in [-0.25, -0.2) is 13.1 Å². The number of benzene rings is 1. The second kappa shape index (κ2) is 10.4. The van der Waals surface area contributed by atoms with Gasteiger partial charge in [0.25, 0.3) is 5.91 Å². The van der Waals surface area contributed by atoms with E-state index >= 15 is 0 Å². The molecular weight excluding hydrogens is 402 g/mol. The summed E-state index contributed by atoms with van der Waals surface area (Å²) in [5, 5.41) is 3.02. The Morgan fingerprint density at radius 2 is 1.96 bits per heavy atom. The summed E-state index contributed by atoms with van der Waals surface area (Å²) in [5.74, 6) is 0.805. The molecule has 0 spiro atoms. The molecule has 0 atom stereocenters. The Bertz CT molecular complexity index is 762. The van der Waals surface area contributed by atoms with E-state index in [2.05, 4.69) is 14.9 Å². The normalized spacial score (nSPS) is 16.3. The summed E-state index contributed by atoms with van der Waals surface area (Å²) in [6.07, 6.45) is 1.94. The van der Waals surface area contributed by atoms with Gasteiger partial charge in [-0.05, 0) is 63.9 Å². The number of nitrogens with zero attached hydrogens (tertiary/aromatic N) is 1. The fourth-order valence-electron chi connectivity index (χ4n) is 3.08. The van der Waals surface area contributed by atoms with Crippen molar-refractivity contribution in [1.82, 2.24) is 14.9 Å². The van der Waals surface area contributed by atoms with Gasteiger partial charge in [-0.1, -0.05) is 11.6 Å². The quantitative estimate of drug-likeness (QED) is 0.625. The summed E-state index contributed by atoms with van der Waals surface area (Å²) < 4.78 is 31.3. The predicted octanol–water partition coefficient (Wildman–Crippen LogP) is 2.12. The molecule has 0 aliphatic carbocycles. The van der Waals surface area contributed by atoms with Crippen LogP contribution in [0.2, 0.25) is 5.02 Å². The molecule has 0 saturated carbocycles. The number of likely N-dealkylation sites (tertiary alicyclic amines) is 1. The first kappa shape index (κ1) is 22.9. The Balaban J connectivity index is 1.71. The molecule has 1 aromatic rings. The lowest BCUT2D eigenvalue weighted by molar-refractivity contribution is 0.0936. The van der Waals surface area contributed by atoms with E-state index in [0.29, 0.717) is 41.9 Å². The van der Waals surface area contributed by atoms with Gasteiger partial charge in [0.15, 0.2) is 0 Å². The van der Waals surface area contributed by atoms with E-state index in [4.69, 9.17) is 16.3 Å². The summed E-state index contributed by atoms with van der Waals surface area (Å²) in [4.78, 5) is 14.6. The van der Waals surface area contributed by atoms with Gasteiger partial charge in [-0.3, -0.25) is 4.79 Å². The highest BCUT2D eigenvalue weighted by Crippen LogP contribution is 2.21. The highest BCUT2D eigenvalue weighted by atomic mass is 35.5. The van der Waals surface area contributed by atoms with Crippen LogP contribution in [0.5, 0.6) is 5.75 Å². The standard InChI is InChI=1S/C19H30ClN3O4S/c1-14(2)28(25,26)22-6-9-23-7-4-15(5-8-23)13-21-19(24)16-10-17(20)12-18(11-16)27-3/h10-12,14-15,22H,4-9,13H2,1-3H3,(H,21,24). The van der Waals surface area contributed by atoms with Crippen LogP contribution in [0.4, 0.5) is 0 Å². The molecule has 1 aromatic carbocycles. The van der Waals surface area contributed by atoms with Crippen molar-refractivity contribution in [2.75, 3.05) is 39.8 Å². The molecular formula is C19H30ClN3O4S. The van der Waals surface area contributed by atoms with Crippen LogP contribution in [0.1, 0.15) is 37.0 Å². The molecule has 28 heavy (non-hydrogen) atoms. The van der Waals surface area contributed by atoms with Crippen molar-refractivity contribution in [1.29, 1.82) is 0 Å². The van der Waals surface area contributed by atoms with Crippen LogP contribution in [0, 0.1) is 5.92 Å². The van der Waals surface area contributed by atoms with E-state index in [1.54, 1.807) is 32.0 Å². The first-order chi connectivity index (χ1) is 13.2. The zero-order valence-electron chi connectivity index (χ0n) is 16.7. The summed E-state index contributed by atoms with van der Waals surface area (Å²) in [6, 6.07) is 4.96. The van der Waals surface area contributed by atoms with E-state index in [9.17, 15) is 13.2 Å². The predicted molar refractivity (Wildman–Crippen MR) is 112 cm³/mol. The summed E-state index contributed by atoms with van der Waals surface area (Å²) >= 11 is 6.02. The van der Waals surface area contributed by atoms with Crippen LogP contribution in [-0.2, 0) is 10.0 Å². The maximum Gasteiger partial charge on any atom is 0.251 e. The lowest BCUT2D eigenvalue weighted by Crippen LogP contribution is -2.42. The number of hydrogen-bond acceptors (Lipinski definition) is 5. The molecule has 9 heteroatoms. The molecule has 0 unspecified atom stereocenters. The number of piperidine rings is 1. The number of sulfonamides is 1. The van der Waals surface area contributed by atoms with Crippen LogP contribution >= 0.6 is 11.6 Å². The maximum atomic E-state index is 12.4. The second-order valence-electron chi connectivity index (χ2n) is 7.36. The van der Waals surface area contributed by atoms with Crippen molar-refractivity contribution >= 4 is 27.5 Å². The molecule has 1 aliphatic rings. The van der Waals surface area contributed by atoms with Gasteiger partial charge in [-0.15, -0.1) is 0 Å². The van der Waals surface area contributed by atoms with Crippen molar-refractivity contribution in [2.24, 2.45) is 5.92 Å². The van der Waals surface area contributed by atoms with Crippen LogP contribution in [-0.4, -0.2) is 64.3 Å². The Kier molecular flexibility index (Phi) is 8.55. The van der Waals surface area contributed by atoms with Gasteiger partial charge < -0.3 is 15.0 Å². The zero-order chi connectivity index (χ0) is 20.7. The van der Waals surface area contributed by atoms with E-state index in [-0.39, 0.29) is 5.91 Å². The molecule has 2 rings (SSSR count). The van der Waals surface area contributed by atoms with E-state index < -0.39 is 15.3 Å². The number of methoxy groups -OCH3 is 1. The average Bonchev–Trinajstić information content (AvgIpc) is 2.66. The fourth-order valence-corrected chi connectivity index (χ4v) is 4.01. The first-order valence-electron chi connectivity index (χ1n) is 9.55. The van der Waals surface area contributed by atoms with Gasteiger partial charge in [-0.2, -0.15) is 0 Å². The molecule has 1 aliphatic heterocycles. The number of carbonyl (C=O) groups excluding carboxylic acids is 1. The monoisotopic (exact) mass is 431 g/mol. The van der Waals surface area contributed by atoms with Gasteiger partial charge >= 0.3 is 0 Å². The SMILES string of the molecule is COc1cc(Cl)cc(C(=O)NCC2CCN(CCNS(=O)(=O)C(C)C)CC2)c1. The zero-order valence-corrected chi connectivity index (χ0v) is 18.3. The van der Waals surface area contributed by atoms with E-state index in [1.165, 1.54) is 7.11 Å². The number of halogens is 1. The third kappa shape index (κ3) is 6.92. The highest BCUT2D eigenvalue weighted by Gasteiger charge is 2.21. The molecule has 1 fully saturated rings. The first-order valence-corrected chi connectivity index (χ1v) is 11.5.